The molecule has 6 nitrogen and oxygen atoms in total. The van der Waals surface area contributed by atoms with E-state index in [2.05, 4.69) is 9.97 Å². The molecule has 0 radical (unpaired) electrons. The van der Waals surface area contributed by atoms with E-state index in [4.69, 9.17) is 10.1 Å². The van der Waals surface area contributed by atoms with Crippen LogP contribution in [0.4, 0.5) is 10.1 Å². The van der Waals surface area contributed by atoms with Crippen molar-refractivity contribution >= 4 is 28.1 Å². The number of nitrogens with one attached hydrogen (secondary N) is 2. The second kappa shape index (κ2) is 7.60. The molecule has 0 bridgehead atoms. The van der Waals surface area contributed by atoms with Gasteiger partial charge in [0.15, 0.2) is 0 Å². The minimum atomic E-state index is -0.376. The Morgan fingerprint density at radius 3 is 2.61 bits per heavy atom. The molecule has 0 aliphatic carbocycles. The van der Waals surface area contributed by atoms with Crippen LogP contribution in [0.25, 0.3) is 16.6 Å². The van der Waals surface area contributed by atoms with E-state index in [1.807, 2.05) is 54.6 Å². The predicted molar refractivity (Wildman–Crippen MR) is 118 cm³/mol. The molecule has 1 aliphatic heterocycles. The van der Waals surface area contributed by atoms with E-state index in [1.54, 1.807) is 11.0 Å². The van der Waals surface area contributed by atoms with Gasteiger partial charge in [0.05, 0.1) is 23.2 Å². The van der Waals surface area contributed by atoms with Gasteiger partial charge in [0, 0.05) is 5.69 Å². The summed E-state index contributed by atoms with van der Waals surface area (Å²) in [6, 6.07) is 21.5. The third kappa shape index (κ3) is 3.61. The van der Waals surface area contributed by atoms with E-state index in [-0.39, 0.29) is 24.0 Å². The number of halogens is 1. The Hall–Kier alpha value is -4.13. The number of aromatic nitrogens is 2. The van der Waals surface area contributed by atoms with Crippen molar-refractivity contribution in [2.24, 2.45) is 0 Å². The fraction of sp³-hybridized carbons (Fsp3) is 0.0833. The number of hydrogen-bond donors (Lipinski definition) is 3. The summed E-state index contributed by atoms with van der Waals surface area (Å²) in [4.78, 5) is 9.08. The molecule has 31 heavy (non-hydrogen) atoms. The van der Waals surface area contributed by atoms with Gasteiger partial charge in [-0.05, 0) is 48.0 Å². The van der Waals surface area contributed by atoms with Gasteiger partial charge in [-0.3, -0.25) is 5.41 Å². The van der Waals surface area contributed by atoms with Crippen LogP contribution in [0.2, 0.25) is 0 Å². The third-order valence-corrected chi connectivity index (χ3v) is 5.18. The fourth-order valence-corrected chi connectivity index (χ4v) is 3.61. The zero-order valence-electron chi connectivity index (χ0n) is 16.5. The second-order valence-electron chi connectivity index (χ2n) is 7.27. The lowest BCUT2D eigenvalue weighted by Gasteiger charge is -2.19. The number of aliphatic hydroxyl groups excluding tert-OH is 1. The minimum absolute atomic E-state index is 0.0360. The van der Waals surface area contributed by atoms with Crippen molar-refractivity contribution in [3.8, 4) is 5.75 Å². The first-order valence-corrected chi connectivity index (χ1v) is 9.79. The normalized spacial score (nSPS) is 14.0. The highest BCUT2D eigenvalue weighted by atomic mass is 19.1. The minimum Gasteiger partial charge on any atom is -0.509 e. The summed E-state index contributed by atoms with van der Waals surface area (Å²) in [6.07, 6.45) is 0. The highest BCUT2D eigenvalue weighted by Gasteiger charge is 2.31. The van der Waals surface area contributed by atoms with Gasteiger partial charge in [-0.25, -0.2) is 9.37 Å². The number of imidazole rings is 1. The molecule has 0 amide bonds. The van der Waals surface area contributed by atoms with E-state index in [1.165, 1.54) is 12.1 Å². The summed E-state index contributed by atoms with van der Waals surface area (Å²) in [5.41, 5.74) is 3.23. The van der Waals surface area contributed by atoms with E-state index in [0.717, 1.165) is 17.0 Å². The van der Waals surface area contributed by atoms with Crippen molar-refractivity contribution in [3.05, 3.63) is 95.8 Å². The third-order valence-electron chi connectivity index (χ3n) is 5.18. The summed E-state index contributed by atoms with van der Waals surface area (Å²) in [7, 11) is 0. The molecular formula is C24H19FN4O2. The highest BCUT2D eigenvalue weighted by molar-refractivity contribution is 6.30. The van der Waals surface area contributed by atoms with Crippen LogP contribution < -0.4 is 9.64 Å². The molecule has 0 saturated heterocycles. The first-order chi connectivity index (χ1) is 15.1. The van der Waals surface area contributed by atoms with Crippen LogP contribution in [-0.4, -0.2) is 27.5 Å². The quantitative estimate of drug-likeness (QED) is 0.427. The molecule has 0 saturated carbocycles. The van der Waals surface area contributed by atoms with Crippen LogP contribution in [0.3, 0.4) is 0 Å². The fourth-order valence-electron chi connectivity index (χ4n) is 3.61. The highest BCUT2D eigenvalue weighted by Crippen LogP contribution is 2.31. The van der Waals surface area contributed by atoms with Crippen molar-refractivity contribution in [2.45, 2.75) is 6.61 Å². The zero-order valence-corrected chi connectivity index (χ0v) is 16.5. The van der Waals surface area contributed by atoms with Crippen molar-refractivity contribution in [1.82, 2.24) is 9.97 Å². The Labute approximate surface area is 177 Å². The topological polar surface area (TPSA) is 85.2 Å². The average Bonchev–Trinajstić information content (AvgIpc) is 3.32. The summed E-state index contributed by atoms with van der Waals surface area (Å²) in [6.45, 7) is 0.628. The lowest BCUT2D eigenvalue weighted by molar-refractivity contribution is 0.306. The van der Waals surface area contributed by atoms with E-state index >= 15 is 0 Å². The second-order valence-corrected chi connectivity index (χ2v) is 7.27. The van der Waals surface area contributed by atoms with Crippen LogP contribution in [0.5, 0.6) is 5.75 Å². The summed E-state index contributed by atoms with van der Waals surface area (Å²) in [5, 5.41) is 19.1. The van der Waals surface area contributed by atoms with Gasteiger partial charge in [0.2, 0.25) is 0 Å². The molecule has 0 atom stereocenters. The number of H-pyrrole nitrogens is 1. The van der Waals surface area contributed by atoms with Crippen molar-refractivity contribution < 1.29 is 14.2 Å². The number of hydrogen-bond acceptors (Lipinski definition) is 4. The van der Waals surface area contributed by atoms with Crippen LogP contribution in [0, 0.1) is 11.2 Å². The Kier molecular flexibility index (Phi) is 4.63. The molecule has 3 N–H and O–H groups in total. The maximum atomic E-state index is 13.5. The maximum Gasteiger partial charge on any atom is 0.145 e. The zero-order chi connectivity index (χ0) is 21.4. The lowest BCUT2D eigenvalue weighted by Crippen LogP contribution is -2.26. The molecule has 0 unspecified atom stereocenters. The SMILES string of the molecule is N=C1C(c2nc3ccc(F)cc3[nH]2)=C(O)CN1c1ccc(OCc2ccccc2)cc1. The van der Waals surface area contributed by atoms with Gasteiger partial charge >= 0.3 is 0 Å². The van der Waals surface area contributed by atoms with Gasteiger partial charge in [0.1, 0.15) is 35.6 Å². The Morgan fingerprint density at radius 1 is 1.06 bits per heavy atom. The predicted octanol–water partition coefficient (Wildman–Crippen LogP) is 5.05. The van der Waals surface area contributed by atoms with Gasteiger partial charge < -0.3 is 19.7 Å². The van der Waals surface area contributed by atoms with Crippen LogP contribution >= 0.6 is 0 Å². The van der Waals surface area contributed by atoms with Gasteiger partial charge in [0.25, 0.3) is 0 Å². The maximum absolute atomic E-state index is 13.5. The molecule has 1 aliphatic rings. The molecule has 7 heteroatoms. The number of anilines is 1. The smallest absolute Gasteiger partial charge is 0.145 e. The first kappa shape index (κ1) is 18.9. The lowest BCUT2D eigenvalue weighted by atomic mass is 10.2. The van der Waals surface area contributed by atoms with Crippen LogP contribution in [-0.2, 0) is 6.61 Å². The number of fused-ring (bicyclic) bond motifs is 1. The first-order valence-electron chi connectivity index (χ1n) is 9.79. The number of aromatic amines is 1. The molecule has 4 aromatic rings. The van der Waals surface area contributed by atoms with E-state index < -0.39 is 0 Å². The van der Waals surface area contributed by atoms with Crippen LogP contribution in [0.15, 0.2) is 78.6 Å². The molecule has 0 fully saturated rings. The summed E-state index contributed by atoms with van der Waals surface area (Å²) in [5.74, 6) is 0.839. The molecule has 3 aromatic carbocycles. The molecular weight excluding hydrogens is 395 g/mol. The van der Waals surface area contributed by atoms with Gasteiger partial charge in [-0.2, -0.15) is 0 Å². The monoisotopic (exact) mass is 414 g/mol. The number of rotatable bonds is 5. The van der Waals surface area contributed by atoms with Crippen molar-refractivity contribution in [3.63, 3.8) is 0 Å². The number of nitrogens with zero attached hydrogens (tertiary/aromatic N) is 2. The Bertz CT molecular complexity index is 1300. The molecule has 0 spiro atoms. The molecule has 2 heterocycles. The number of benzene rings is 3. The number of aliphatic hydroxyl groups is 1. The molecule has 1 aromatic heterocycles. The van der Waals surface area contributed by atoms with E-state index in [0.29, 0.717) is 29.0 Å². The number of amidine groups is 1. The molecule has 154 valence electrons. The molecule has 5 rings (SSSR count). The Balaban J connectivity index is 1.33. The summed E-state index contributed by atoms with van der Waals surface area (Å²) < 4.78 is 19.3. The average molecular weight is 414 g/mol. The van der Waals surface area contributed by atoms with E-state index in [9.17, 15) is 9.50 Å². The Morgan fingerprint density at radius 2 is 1.84 bits per heavy atom. The van der Waals surface area contributed by atoms with Gasteiger partial charge in [-0.1, -0.05) is 30.3 Å². The van der Waals surface area contributed by atoms with Crippen molar-refractivity contribution in [1.29, 1.82) is 5.41 Å². The number of ether oxygens (including phenoxy) is 1. The van der Waals surface area contributed by atoms with Crippen molar-refractivity contribution in [2.75, 3.05) is 11.4 Å². The largest absolute Gasteiger partial charge is 0.509 e. The summed E-state index contributed by atoms with van der Waals surface area (Å²) >= 11 is 0. The van der Waals surface area contributed by atoms with Gasteiger partial charge in [-0.15, -0.1) is 0 Å². The van der Waals surface area contributed by atoms with Crippen LogP contribution in [0.1, 0.15) is 11.4 Å². The standard InChI is InChI=1S/C24H19FN4O2/c25-16-6-11-19-20(12-16)28-24(27-19)22-21(30)13-29(23(22)26)17-7-9-18(10-8-17)31-14-15-4-2-1-3-5-15/h1-12,26,30H,13-14H2,(H,27,28).